The summed E-state index contributed by atoms with van der Waals surface area (Å²) in [5.41, 5.74) is 0.840. The Labute approximate surface area is 124 Å². The summed E-state index contributed by atoms with van der Waals surface area (Å²) >= 11 is 0. The number of hydrogen-bond donors (Lipinski definition) is 4. The molecule has 0 aliphatic heterocycles. The molecule has 1 aromatic rings. The van der Waals surface area contributed by atoms with Crippen LogP contribution in [0.4, 0.5) is 4.79 Å². The SMILES string of the molecule is CC(C)C(CCNC(=O)NCc1cnc[nH]1)CCC(=O)O. The first-order valence-electron chi connectivity index (χ1n) is 7.19. The third kappa shape index (κ3) is 7.34. The summed E-state index contributed by atoms with van der Waals surface area (Å²) in [6.45, 7) is 5.09. The number of carbonyl (C=O) groups is 2. The molecule has 0 bridgehead atoms. The van der Waals surface area contributed by atoms with Crippen LogP contribution >= 0.6 is 0 Å². The molecular formula is C14H24N4O3. The third-order valence-electron chi connectivity index (χ3n) is 3.47. The molecule has 0 radical (unpaired) electrons. The number of carboxylic acid groups (broad SMARTS) is 1. The van der Waals surface area contributed by atoms with Crippen LogP contribution in [0.15, 0.2) is 12.5 Å². The monoisotopic (exact) mass is 296 g/mol. The minimum Gasteiger partial charge on any atom is -0.481 e. The molecule has 7 heteroatoms. The second-order valence-electron chi connectivity index (χ2n) is 5.41. The highest BCUT2D eigenvalue weighted by atomic mass is 16.4. The molecule has 1 atom stereocenters. The fraction of sp³-hybridized carbons (Fsp3) is 0.643. The smallest absolute Gasteiger partial charge is 0.315 e. The zero-order chi connectivity index (χ0) is 15.7. The number of imidazole rings is 1. The van der Waals surface area contributed by atoms with E-state index in [2.05, 4.69) is 34.4 Å². The van der Waals surface area contributed by atoms with Gasteiger partial charge < -0.3 is 20.7 Å². The van der Waals surface area contributed by atoms with Crippen molar-refractivity contribution in [3.05, 3.63) is 18.2 Å². The number of aliphatic carboxylic acids is 1. The van der Waals surface area contributed by atoms with Gasteiger partial charge in [-0.15, -0.1) is 0 Å². The first-order valence-corrected chi connectivity index (χ1v) is 7.19. The van der Waals surface area contributed by atoms with Crippen molar-refractivity contribution in [2.75, 3.05) is 6.54 Å². The van der Waals surface area contributed by atoms with Crippen LogP contribution in [0.25, 0.3) is 0 Å². The molecule has 0 aliphatic carbocycles. The molecule has 0 saturated heterocycles. The van der Waals surface area contributed by atoms with Crippen LogP contribution in [-0.4, -0.2) is 33.6 Å². The molecule has 7 nitrogen and oxygen atoms in total. The Bertz CT molecular complexity index is 431. The summed E-state index contributed by atoms with van der Waals surface area (Å²) < 4.78 is 0. The largest absolute Gasteiger partial charge is 0.481 e. The van der Waals surface area contributed by atoms with Crippen LogP contribution in [0.3, 0.4) is 0 Å². The summed E-state index contributed by atoms with van der Waals surface area (Å²) in [5.74, 6) is -0.0703. The van der Waals surface area contributed by atoms with Crippen molar-refractivity contribution in [2.45, 2.75) is 39.7 Å². The van der Waals surface area contributed by atoms with Gasteiger partial charge in [-0.25, -0.2) is 9.78 Å². The number of amides is 2. The second-order valence-corrected chi connectivity index (χ2v) is 5.41. The van der Waals surface area contributed by atoms with Crippen molar-refractivity contribution in [2.24, 2.45) is 11.8 Å². The molecule has 0 aromatic carbocycles. The van der Waals surface area contributed by atoms with E-state index in [-0.39, 0.29) is 12.5 Å². The molecule has 1 rings (SSSR count). The molecule has 0 saturated carbocycles. The van der Waals surface area contributed by atoms with Gasteiger partial charge in [0, 0.05) is 19.2 Å². The highest BCUT2D eigenvalue weighted by Gasteiger charge is 2.15. The van der Waals surface area contributed by atoms with Gasteiger partial charge in [0.25, 0.3) is 0 Å². The molecule has 0 aliphatic rings. The number of nitrogens with one attached hydrogen (secondary N) is 3. The summed E-state index contributed by atoms with van der Waals surface area (Å²) in [6, 6.07) is -0.231. The Morgan fingerprint density at radius 1 is 1.33 bits per heavy atom. The van der Waals surface area contributed by atoms with E-state index in [4.69, 9.17) is 5.11 Å². The first kappa shape index (κ1) is 17.0. The van der Waals surface area contributed by atoms with E-state index >= 15 is 0 Å². The Hall–Kier alpha value is -2.05. The number of hydrogen-bond acceptors (Lipinski definition) is 3. The topological polar surface area (TPSA) is 107 Å². The lowest BCUT2D eigenvalue weighted by atomic mass is 9.88. The Balaban J connectivity index is 2.20. The lowest BCUT2D eigenvalue weighted by Gasteiger charge is -2.20. The van der Waals surface area contributed by atoms with Gasteiger partial charge in [0.05, 0.1) is 18.6 Å². The minimum absolute atomic E-state index is 0.175. The Kier molecular flexibility index (Phi) is 7.28. The van der Waals surface area contributed by atoms with E-state index in [0.717, 1.165) is 12.1 Å². The fourth-order valence-electron chi connectivity index (χ4n) is 2.11. The van der Waals surface area contributed by atoms with Gasteiger partial charge in [0.15, 0.2) is 0 Å². The number of urea groups is 1. The van der Waals surface area contributed by atoms with Gasteiger partial charge in [0.2, 0.25) is 0 Å². The van der Waals surface area contributed by atoms with E-state index in [0.29, 0.717) is 31.3 Å². The van der Waals surface area contributed by atoms with Crippen molar-refractivity contribution < 1.29 is 14.7 Å². The number of H-pyrrole nitrogens is 1. The molecule has 4 N–H and O–H groups in total. The predicted octanol–water partition coefficient (Wildman–Crippen LogP) is 1.74. The van der Waals surface area contributed by atoms with Crippen LogP contribution in [-0.2, 0) is 11.3 Å². The van der Waals surface area contributed by atoms with E-state index < -0.39 is 5.97 Å². The normalized spacial score (nSPS) is 12.1. The van der Waals surface area contributed by atoms with Gasteiger partial charge >= 0.3 is 12.0 Å². The van der Waals surface area contributed by atoms with Crippen molar-refractivity contribution in [3.63, 3.8) is 0 Å². The van der Waals surface area contributed by atoms with Crippen molar-refractivity contribution in [1.82, 2.24) is 20.6 Å². The number of carbonyl (C=O) groups excluding carboxylic acids is 1. The van der Waals surface area contributed by atoms with Crippen LogP contribution < -0.4 is 10.6 Å². The molecule has 0 spiro atoms. The van der Waals surface area contributed by atoms with Gasteiger partial charge in [-0.3, -0.25) is 4.79 Å². The quantitative estimate of drug-likeness (QED) is 0.556. The highest BCUT2D eigenvalue weighted by molar-refractivity contribution is 5.73. The molecule has 2 amide bonds. The van der Waals surface area contributed by atoms with Gasteiger partial charge in [0.1, 0.15) is 0 Å². The van der Waals surface area contributed by atoms with Crippen LogP contribution in [0.2, 0.25) is 0 Å². The van der Waals surface area contributed by atoms with E-state index in [9.17, 15) is 9.59 Å². The van der Waals surface area contributed by atoms with Gasteiger partial charge in [-0.1, -0.05) is 13.8 Å². The maximum Gasteiger partial charge on any atom is 0.315 e. The van der Waals surface area contributed by atoms with Gasteiger partial charge in [-0.2, -0.15) is 0 Å². The van der Waals surface area contributed by atoms with Crippen molar-refractivity contribution >= 4 is 12.0 Å². The van der Waals surface area contributed by atoms with Gasteiger partial charge in [-0.05, 0) is 24.7 Å². The molecule has 0 fully saturated rings. The molecule has 1 aromatic heterocycles. The van der Waals surface area contributed by atoms with E-state index in [1.165, 1.54) is 0 Å². The fourth-order valence-corrected chi connectivity index (χ4v) is 2.11. The Morgan fingerprint density at radius 2 is 2.10 bits per heavy atom. The summed E-state index contributed by atoms with van der Waals surface area (Å²) in [4.78, 5) is 29.0. The summed E-state index contributed by atoms with van der Waals surface area (Å²) in [6.07, 6.45) is 4.81. The van der Waals surface area contributed by atoms with Crippen LogP contribution in [0.1, 0.15) is 38.8 Å². The predicted molar refractivity (Wildman–Crippen MR) is 78.6 cm³/mol. The molecule has 1 heterocycles. The highest BCUT2D eigenvalue weighted by Crippen LogP contribution is 2.20. The number of aromatic amines is 1. The van der Waals surface area contributed by atoms with Crippen molar-refractivity contribution in [3.8, 4) is 0 Å². The van der Waals surface area contributed by atoms with E-state index in [1.807, 2.05) is 0 Å². The average molecular weight is 296 g/mol. The molecule has 118 valence electrons. The van der Waals surface area contributed by atoms with Crippen molar-refractivity contribution in [1.29, 1.82) is 0 Å². The average Bonchev–Trinajstić information content (AvgIpc) is 2.92. The Morgan fingerprint density at radius 3 is 2.67 bits per heavy atom. The summed E-state index contributed by atoms with van der Waals surface area (Å²) in [5, 5.41) is 14.2. The number of rotatable bonds is 9. The molecule has 1 unspecified atom stereocenters. The number of nitrogens with zero attached hydrogens (tertiary/aromatic N) is 1. The maximum absolute atomic E-state index is 11.6. The first-order chi connectivity index (χ1) is 9.99. The zero-order valence-electron chi connectivity index (χ0n) is 12.6. The standard InChI is InChI=1S/C14H24N4O3/c1-10(2)11(3-4-13(19)20)5-6-16-14(21)17-8-12-7-15-9-18-12/h7,9-11H,3-6,8H2,1-2H3,(H,15,18)(H,19,20)(H2,16,17,21). The minimum atomic E-state index is -0.772. The maximum atomic E-state index is 11.6. The number of aromatic nitrogens is 2. The van der Waals surface area contributed by atoms with E-state index in [1.54, 1.807) is 12.5 Å². The van der Waals surface area contributed by atoms with Crippen LogP contribution in [0.5, 0.6) is 0 Å². The molecule has 21 heavy (non-hydrogen) atoms. The summed E-state index contributed by atoms with van der Waals surface area (Å²) in [7, 11) is 0. The zero-order valence-corrected chi connectivity index (χ0v) is 12.6. The third-order valence-corrected chi connectivity index (χ3v) is 3.47. The lowest BCUT2D eigenvalue weighted by Crippen LogP contribution is -2.36. The lowest BCUT2D eigenvalue weighted by molar-refractivity contribution is -0.137. The second kappa shape index (κ2) is 8.99. The van der Waals surface area contributed by atoms with Crippen LogP contribution in [0, 0.1) is 11.8 Å². The molecular weight excluding hydrogens is 272 g/mol. The number of carboxylic acids is 1.